The summed E-state index contributed by atoms with van der Waals surface area (Å²) in [6, 6.07) is 0. The van der Waals surface area contributed by atoms with Gasteiger partial charge in [0.2, 0.25) is 0 Å². The Balaban J connectivity index is 2.72. The predicted molar refractivity (Wildman–Crippen MR) is 78.0 cm³/mol. The zero-order chi connectivity index (χ0) is 14.5. The molecule has 0 spiro atoms. The van der Waals surface area contributed by atoms with E-state index >= 15 is 0 Å². The molecule has 1 saturated carbocycles. The lowest BCUT2D eigenvalue weighted by Gasteiger charge is -2.46. The van der Waals surface area contributed by atoms with Crippen LogP contribution >= 0.6 is 0 Å². The highest BCUT2D eigenvalue weighted by molar-refractivity contribution is 5.68. The van der Waals surface area contributed by atoms with Gasteiger partial charge in [0.1, 0.15) is 0 Å². The van der Waals surface area contributed by atoms with Crippen LogP contribution < -0.4 is 5.73 Å². The number of hydrogen-bond acceptors (Lipinski definition) is 3. The highest BCUT2D eigenvalue weighted by Crippen LogP contribution is 2.36. The molecular formula is C15H30N2O2. The number of rotatable bonds is 5. The van der Waals surface area contributed by atoms with Gasteiger partial charge in [-0.1, -0.05) is 20.8 Å². The van der Waals surface area contributed by atoms with Crippen molar-refractivity contribution in [3.05, 3.63) is 0 Å². The third-order valence-corrected chi connectivity index (χ3v) is 4.23. The average Bonchev–Trinajstić information content (AvgIpc) is 2.39. The lowest BCUT2D eigenvalue weighted by Crippen LogP contribution is -2.58. The molecule has 2 N–H and O–H groups in total. The molecule has 0 aromatic rings. The Labute approximate surface area is 117 Å². The molecule has 1 fully saturated rings. The number of likely N-dealkylation sites (N-methyl/N-ethyl adjacent to an activating group) is 1. The third-order valence-electron chi connectivity index (χ3n) is 4.23. The molecule has 4 nitrogen and oxygen atoms in total. The maximum absolute atomic E-state index is 12.3. The summed E-state index contributed by atoms with van der Waals surface area (Å²) in [7, 11) is 0. The van der Waals surface area contributed by atoms with Crippen LogP contribution in [0.3, 0.4) is 0 Å². The van der Waals surface area contributed by atoms with Crippen molar-refractivity contribution in [3.8, 4) is 0 Å². The van der Waals surface area contributed by atoms with Crippen molar-refractivity contribution in [2.45, 2.75) is 58.9 Å². The molecule has 1 amide bonds. The molecule has 0 heterocycles. The molecule has 0 radical (unpaired) electrons. The third kappa shape index (κ3) is 4.10. The number of carbonyl (C=O) groups is 1. The van der Waals surface area contributed by atoms with Gasteiger partial charge in [-0.05, 0) is 44.4 Å². The number of nitrogens with two attached hydrogens (primary N) is 1. The number of ether oxygens (including phenoxy) is 1. The Kier molecular flexibility index (Phi) is 6.11. The summed E-state index contributed by atoms with van der Waals surface area (Å²) < 4.78 is 5.39. The second-order valence-corrected chi connectivity index (χ2v) is 6.33. The molecule has 0 bridgehead atoms. The molecule has 0 unspecified atom stereocenters. The molecule has 0 saturated heterocycles. The first-order valence-corrected chi connectivity index (χ1v) is 7.59. The van der Waals surface area contributed by atoms with Gasteiger partial charge in [0.05, 0.1) is 12.1 Å². The highest BCUT2D eigenvalue weighted by atomic mass is 16.6. The van der Waals surface area contributed by atoms with Crippen LogP contribution in [0, 0.1) is 11.8 Å². The molecule has 1 aliphatic carbocycles. The van der Waals surface area contributed by atoms with Crippen molar-refractivity contribution < 1.29 is 9.53 Å². The summed E-state index contributed by atoms with van der Waals surface area (Å²) in [5.74, 6) is 1.10. The summed E-state index contributed by atoms with van der Waals surface area (Å²) in [4.78, 5) is 14.1. The Hall–Kier alpha value is -0.770. The number of carbonyl (C=O) groups excluding carboxylic acids is 1. The van der Waals surface area contributed by atoms with Crippen LogP contribution in [0.5, 0.6) is 0 Å². The molecule has 4 heteroatoms. The smallest absolute Gasteiger partial charge is 0.410 e. The Morgan fingerprint density at radius 1 is 1.42 bits per heavy atom. The lowest BCUT2D eigenvalue weighted by atomic mass is 9.76. The Morgan fingerprint density at radius 2 is 2.00 bits per heavy atom. The minimum absolute atomic E-state index is 0.185. The van der Waals surface area contributed by atoms with Crippen LogP contribution in [0.1, 0.15) is 53.4 Å². The molecule has 1 aliphatic rings. The Morgan fingerprint density at radius 3 is 2.42 bits per heavy atom. The van der Waals surface area contributed by atoms with E-state index in [1.165, 1.54) is 0 Å². The zero-order valence-electron chi connectivity index (χ0n) is 12.9. The van der Waals surface area contributed by atoms with Crippen LogP contribution in [0.4, 0.5) is 4.79 Å². The molecule has 0 aromatic carbocycles. The zero-order valence-corrected chi connectivity index (χ0v) is 12.9. The van der Waals surface area contributed by atoms with E-state index in [1.807, 2.05) is 25.7 Å². The van der Waals surface area contributed by atoms with Gasteiger partial charge in [-0.15, -0.1) is 0 Å². The van der Waals surface area contributed by atoms with Gasteiger partial charge in [-0.3, -0.25) is 0 Å². The highest BCUT2D eigenvalue weighted by Gasteiger charge is 2.40. The van der Waals surface area contributed by atoms with Crippen LogP contribution in [-0.2, 0) is 4.74 Å². The van der Waals surface area contributed by atoms with Crippen molar-refractivity contribution in [3.63, 3.8) is 0 Å². The maximum Gasteiger partial charge on any atom is 0.410 e. The van der Waals surface area contributed by atoms with Gasteiger partial charge in [-0.25, -0.2) is 4.79 Å². The standard InChI is InChI=1S/C15H30N2O2/c1-5-17(14(18)19-10-12(2)3)15(11-16)8-6-13(4)7-9-15/h12-13H,5-11,16H2,1-4H3. The first-order valence-electron chi connectivity index (χ1n) is 7.59. The van der Waals surface area contributed by atoms with Crippen LogP contribution in [-0.4, -0.2) is 36.2 Å². The summed E-state index contributed by atoms with van der Waals surface area (Å²) in [6.45, 7) is 10.0. The fourth-order valence-electron chi connectivity index (χ4n) is 2.86. The molecule has 0 atom stereocenters. The lowest BCUT2D eigenvalue weighted by molar-refractivity contribution is 0.0252. The predicted octanol–water partition coefficient (Wildman–Crippen LogP) is 3.01. The summed E-state index contributed by atoms with van der Waals surface area (Å²) >= 11 is 0. The van der Waals surface area contributed by atoms with Gasteiger partial charge in [-0.2, -0.15) is 0 Å². The van der Waals surface area contributed by atoms with E-state index in [-0.39, 0.29) is 11.6 Å². The van der Waals surface area contributed by atoms with Crippen LogP contribution in [0.2, 0.25) is 0 Å². The fourth-order valence-corrected chi connectivity index (χ4v) is 2.86. The fraction of sp³-hybridized carbons (Fsp3) is 0.933. The summed E-state index contributed by atoms with van der Waals surface area (Å²) in [6.07, 6.45) is 4.08. The van der Waals surface area contributed by atoms with Gasteiger partial charge in [0.25, 0.3) is 0 Å². The maximum atomic E-state index is 12.3. The van der Waals surface area contributed by atoms with Gasteiger partial charge < -0.3 is 15.4 Å². The van der Waals surface area contributed by atoms with Crippen molar-refractivity contribution >= 4 is 6.09 Å². The van der Waals surface area contributed by atoms with Crippen molar-refractivity contribution in [1.29, 1.82) is 0 Å². The van der Waals surface area contributed by atoms with Crippen LogP contribution in [0.15, 0.2) is 0 Å². The summed E-state index contributed by atoms with van der Waals surface area (Å²) in [5.41, 5.74) is 5.82. The number of amides is 1. The minimum atomic E-state index is -0.198. The largest absolute Gasteiger partial charge is 0.449 e. The first kappa shape index (κ1) is 16.3. The molecule has 0 aliphatic heterocycles. The average molecular weight is 270 g/mol. The molecule has 1 rings (SSSR count). The van der Waals surface area contributed by atoms with Crippen molar-refractivity contribution in [2.75, 3.05) is 19.7 Å². The summed E-state index contributed by atoms with van der Waals surface area (Å²) in [5, 5.41) is 0. The van der Waals surface area contributed by atoms with Crippen molar-refractivity contribution in [2.24, 2.45) is 17.6 Å². The van der Waals surface area contributed by atoms with E-state index in [1.54, 1.807) is 0 Å². The normalized spacial score (nSPS) is 27.4. The second-order valence-electron chi connectivity index (χ2n) is 6.33. The van der Waals surface area contributed by atoms with E-state index in [2.05, 4.69) is 6.92 Å². The van der Waals surface area contributed by atoms with Crippen molar-refractivity contribution in [1.82, 2.24) is 4.90 Å². The molecular weight excluding hydrogens is 240 g/mol. The minimum Gasteiger partial charge on any atom is -0.449 e. The second kappa shape index (κ2) is 7.13. The molecule has 0 aromatic heterocycles. The molecule has 19 heavy (non-hydrogen) atoms. The van der Waals surface area contributed by atoms with E-state index in [0.29, 0.717) is 25.6 Å². The van der Waals surface area contributed by atoms with Gasteiger partial charge >= 0.3 is 6.09 Å². The van der Waals surface area contributed by atoms with Crippen LogP contribution in [0.25, 0.3) is 0 Å². The van der Waals surface area contributed by atoms with E-state index in [9.17, 15) is 4.79 Å². The molecule has 112 valence electrons. The monoisotopic (exact) mass is 270 g/mol. The van der Waals surface area contributed by atoms with E-state index in [0.717, 1.165) is 31.6 Å². The van der Waals surface area contributed by atoms with E-state index in [4.69, 9.17) is 10.5 Å². The number of nitrogens with zero attached hydrogens (tertiary/aromatic N) is 1. The van der Waals surface area contributed by atoms with Gasteiger partial charge in [0, 0.05) is 13.1 Å². The number of hydrogen-bond donors (Lipinski definition) is 1. The Bertz CT molecular complexity index is 284. The topological polar surface area (TPSA) is 55.6 Å². The SMILES string of the molecule is CCN(C(=O)OCC(C)C)C1(CN)CCC(C)CC1. The van der Waals surface area contributed by atoms with E-state index < -0.39 is 0 Å². The quantitative estimate of drug-likeness (QED) is 0.835. The van der Waals surface area contributed by atoms with Gasteiger partial charge in [0.15, 0.2) is 0 Å². The first-order chi connectivity index (χ1) is 8.95.